The minimum Gasteiger partial charge on any atom is -0.494 e. The lowest BCUT2D eigenvalue weighted by Gasteiger charge is -2.38. The number of halogens is 1. The Morgan fingerprint density at radius 3 is 2.80 bits per heavy atom. The first-order valence-electron chi connectivity index (χ1n) is 7.48. The van der Waals surface area contributed by atoms with Gasteiger partial charge in [0.15, 0.2) is 11.6 Å². The zero-order valence-corrected chi connectivity index (χ0v) is 12.7. The van der Waals surface area contributed by atoms with Crippen molar-refractivity contribution in [2.24, 2.45) is 11.8 Å². The van der Waals surface area contributed by atoms with E-state index in [2.05, 4.69) is 13.8 Å². The molecule has 2 rings (SSSR count). The van der Waals surface area contributed by atoms with E-state index < -0.39 is 5.60 Å². The molecule has 2 nitrogen and oxygen atoms in total. The standard InChI is InChI=1S/C17H25FO2/c1-12(2)14-5-4-8-17(19,11-14)10-13-6-7-16(20-3)15(18)9-13/h6-7,9,12,14,19H,4-5,8,10-11H2,1-3H3. The molecule has 1 aromatic carbocycles. The fraction of sp³-hybridized carbons (Fsp3) is 0.647. The van der Waals surface area contributed by atoms with Crippen molar-refractivity contribution in [1.29, 1.82) is 0 Å². The van der Waals surface area contributed by atoms with Gasteiger partial charge in [0.25, 0.3) is 0 Å². The summed E-state index contributed by atoms with van der Waals surface area (Å²) in [5, 5.41) is 10.8. The summed E-state index contributed by atoms with van der Waals surface area (Å²) < 4.78 is 18.7. The average molecular weight is 280 g/mol. The number of hydrogen-bond donors (Lipinski definition) is 1. The Morgan fingerprint density at radius 1 is 1.45 bits per heavy atom. The van der Waals surface area contributed by atoms with Gasteiger partial charge in [-0.3, -0.25) is 0 Å². The van der Waals surface area contributed by atoms with E-state index in [-0.39, 0.29) is 11.6 Å². The second-order valence-corrected chi connectivity index (χ2v) is 6.47. The van der Waals surface area contributed by atoms with E-state index in [1.54, 1.807) is 6.07 Å². The van der Waals surface area contributed by atoms with Crippen LogP contribution in [0.1, 0.15) is 45.1 Å². The number of rotatable bonds is 4. The summed E-state index contributed by atoms with van der Waals surface area (Å²) in [6, 6.07) is 4.96. The Balaban J connectivity index is 2.09. The molecule has 1 aromatic rings. The van der Waals surface area contributed by atoms with Crippen LogP contribution < -0.4 is 4.74 Å². The van der Waals surface area contributed by atoms with Crippen molar-refractivity contribution >= 4 is 0 Å². The van der Waals surface area contributed by atoms with E-state index in [0.717, 1.165) is 24.8 Å². The molecule has 0 spiro atoms. The van der Waals surface area contributed by atoms with Crippen LogP contribution in [0.3, 0.4) is 0 Å². The molecule has 0 bridgehead atoms. The molecule has 1 aliphatic carbocycles. The van der Waals surface area contributed by atoms with Crippen LogP contribution in [-0.4, -0.2) is 17.8 Å². The van der Waals surface area contributed by atoms with Crippen molar-refractivity contribution in [2.45, 2.75) is 51.6 Å². The summed E-state index contributed by atoms with van der Waals surface area (Å²) >= 11 is 0. The maximum atomic E-state index is 13.7. The molecule has 0 aliphatic heterocycles. The third-order valence-electron chi connectivity index (χ3n) is 4.55. The molecule has 3 heteroatoms. The van der Waals surface area contributed by atoms with Gasteiger partial charge >= 0.3 is 0 Å². The van der Waals surface area contributed by atoms with Crippen molar-refractivity contribution in [3.63, 3.8) is 0 Å². The van der Waals surface area contributed by atoms with Crippen LogP contribution in [0, 0.1) is 17.7 Å². The molecule has 1 saturated carbocycles. The first kappa shape index (κ1) is 15.3. The number of ether oxygens (including phenoxy) is 1. The third-order valence-corrected chi connectivity index (χ3v) is 4.55. The van der Waals surface area contributed by atoms with Gasteiger partial charge in [-0.15, -0.1) is 0 Å². The highest BCUT2D eigenvalue weighted by molar-refractivity contribution is 5.30. The Morgan fingerprint density at radius 2 is 2.20 bits per heavy atom. The molecule has 112 valence electrons. The second-order valence-electron chi connectivity index (χ2n) is 6.47. The van der Waals surface area contributed by atoms with E-state index in [1.807, 2.05) is 6.07 Å². The maximum Gasteiger partial charge on any atom is 0.165 e. The Kier molecular flexibility index (Phi) is 4.69. The highest BCUT2D eigenvalue weighted by Crippen LogP contribution is 2.38. The molecule has 0 heterocycles. The van der Waals surface area contributed by atoms with Crippen molar-refractivity contribution in [2.75, 3.05) is 7.11 Å². The van der Waals surface area contributed by atoms with Crippen LogP contribution in [0.15, 0.2) is 18.2 Å². The highest BCUT2D eigenvalue weighted by Gasteiger charge is 2.35. The summed E-state index contributed by atoms with van der Waals surface area (Å²) in [7, 11) is 1.46. The molecule has 0 amide bonds. The minimum atomic E-state index is -0.686. The quantitative estimate of drug-likeness (QED) is 0.904. The van der Waals surface area contributed by atoms with Gasteiger partial charge in [0, 0.05) is 6.42 Å². The predicted molar refractivity (Wildman–Crippen MR) is 78.4 cm³/mol. The van der Waals surface area contributed by atoms with Gasteiger partial charge in [0.05, 0.1) is 12.7 Å². The van der Waals surface area contributed by atoms with Crippen molar-refractivity contribution < 1.29 is 14.2 Å². The number of hydrogen-bond acceptors (Lipinski definition) is 2. The van der Waals surface area contributed by atoms with Gasteiger partial charge in [-0.1, -0.05) is 26.3 Å². The molecule has 0 saturated heterocycles. The summed E-state index contributed by atoms with van der Waals surface area (Å²) in [6.45, 7) is 4.42. The number of benzene rings is 1. The molecule has 2 unspecified atom stereocenters. The van der Waals surface area contributed by atoms with E-state index in [1.165, 1.54) is 19.6 Å². The molecule has 20 heavy (non-hydrogen) atoms. The predicted octanol–water partition coefficient (Wildman–Crippen LogP) is 3.95. The lowest BCUT2D eigenvalue weighted by atomic mass is 9.71. The van der Waals surface area contributed by atoms with Gasteiger partial charge in [0.1, 0.15) is 0 Å². The van der Waals surface area contributed by atoms with Crippen LogP contribution in [0.25, 0.3) is 0 Å². The van der Waals surface area contributed by atoms with Crippen LogP contribution >= 0.6 is 0 Å². The maximum absolute atomic E-state index is 13.7. The summed E-state index contributed by atoms with van der Waals surface area (Å²) in [4.78, 5) is 0. The Labute approximate surface area is 121 Å². The van der Waals surface area contributed by atoms with Crippen LogP contribution in [0.5, 0.6) is 5.75 Å². The molecular weight excluding hydrogens is 255 g/mol. The summed E-state index contributed by atoms with van der Waals surface area (Å²) in [5.74, 6) is 1.06. The molecule has 1 N–H and O–H groups in total. The molecule has 1 aliphatic rings. The molecule has 0 radical (unpaired) electrons. The largest absolute Gasteiger partial charge is 0.494 e. The summed E-state index contributed by atoms with van der Waals surface area (Å²) in [5.41, 5.74) is 0.156. The first-order valence-corrected chi connectivity index (χ1v) is 7.48. The lowest BCUT2D eigenvalue weighted by Crippen LogP contribution is -2.38. The second kappa shape index (κ2) is 6.13. The smallest absolute Gasteiger partial charge is 0.165 e. The molecule has 0 aromatic heterocycles. The molecule has 1 fully saturated rings. The van der Waals surface area contributed by atoms with Crippen molar-refractivity contribution in [3.8, 4) is 5.75 Å². The van der Waals surface area contributed by atoms with E-state index in [4.69, 9.17) is 4.74 Å². The average Bonchev–Trinajstić information content (AvgIpc) is 2.38. The Bertz CT molecular complexity index is 458. The van der Waals surface area contributed by atoms with E-state index in [0.29, 0.717) is 18.3 Å². The molecular formula is C17H25FO2. The van der Waals surface area contributed by atoms with Gasteiger partial charge in [-0.2, -0.15) is 0 Å². The van der Waals surface area contributed by atoms with Crippen LogP contribution in [-0.2, 0) is 6.42 Å². The van der Waals surface area contributed by atoms with Crippen LogP contribution in [0.2, 0.25) is 0 Å². The number of aliphatic hydroxyl groups is 1. The zero-order valence-electron chi connectivity index (χ0n) is 12.7. The highest BCUT2D eigenvalue weighted by atomic mass is 19.1. The first-order chi connectivity index (χ1) is 9.43. The lowest BCUT2D eigenvalue weighted by molar-refractivity contribution is -0.0240. The zero-order chi connectivity index (χ0) is 14.8. The SMILES string of the molecule is COc1ccc(CC2(O)CCCC(C(C)C)C2)cc1F. The van der Waals surface area contributed by atoms with Crippen LogP contribution in [0.4, 0.5) is 4.39 Å². The number of methoxy groups -OCH3 is 1. The molecule has 2 atom stereocenters. The minimum absolute atomic E-state index is 0.254. The van der Waals surface area contributed by atoms with Gasteiger partial charge in [-0.25, -0.2) is 4.39 Å². The Hall–Kier alpha value is -1.09. The fourth-order valence-electron chi connectivity index (χ4n) is 3.31. The fourth-order valence-corrected chi connectivity index (χ4v) is 3.31. The normalized spacial score (nSPS) is 26.8. The monoisotopic (exact) mass is 280 g/mol. The van der Waals surface area contributed by atoms with Gasteiger partial charge in [0.2, 0.25) is 0 Å². The van der Waals surface area contributed by atoms with Gasteiger partial charge < -0.3 is 9.84 Å². The summed E-state index contributed by atoms with van der Waals surface area (Å²) in [6.07, 6.45) is 4.40. The van der Waals surface area contributed by atoms with Gasteiger partial charge in [-0.05, 0) is 48.8 Å². The third kappa shape index (κ3) is 3.51. The van der Waals surface area contributed by atoms with E-state index >= 15 is 0 Å². The van der Waals surface area contributed by atoms with Crippen molar-refractivity contribution in [3.05, 3.63) is 29.6 Å². The topological polar surface area (TPSA) is 29.5 Å². The van der Waals surface area contributed by atoms with Crippen molar-refractivity contribution in [1.82, 2.24) is 0 Å². The van der Waals surface area contributed by atoms with E-state index in [9.17, 15) is 9.50 Å².